The predicted octanol–water partition coefficient (Wildman–Crippen LogP) is 3.98. The Morgan fingerprint density at radius 3 is 2.79 bits per heavy atom. The lowest BCUT2D eigenvalue weighted by molar-refractivity contribution is 0.0288. The summed E-state index contributed by atoms with van der Waals surface area (Å²) in [6, 6.07) is 16.7. The SMILES string of the molecule is Clc1ccc(Cn2nc(OCCCN3CC4CC3CO4)c3ccccc32)cc1. The molecule has 6 heteroatoms. The first-order valence-corrected chi connectivity index (χ1v) is 10.3. The molecule has 1 aromatic heterocycles. The topological polar surface area (TPSA) is 39.5 Å². The number of para-hydroxylation sites is 1. The van der Waals surface area contributed by atoms with E-state index in [4.69, 9.17) is 26.2 Å². The van der Waals surface area contributed by atoms with Crippen LogP contribution in [0.2, 0.25) is 5.02 Å². The van der Waals surface area contributed by atoms with Crippen molar-refractivity contribution in [2.24, 2.45) is 0 Å². The first kappa shape index (κ1) is 18.0. The number of fused-ring (bicyclic) bond motifs is 3. The van der Waals surface area contributed by atoms with E-state index >= 15 is 0 Å². The minimum absolute atomic E-state index is 0.457. The first-order valence-electron chi connectivity index (χ1n) is 9.95. The number of aromatic nitrogens is 2. The van der Waals surface area contributed by atoms with Crippen LogP contribution >= 0.6 is 11.6 Å². The van der Waals surface area contributed by atoms with Gasteiger partial charge in [0.15, 0.2) is 0 Å². The molecule has 3 aromatic rings. The highest BCUT2D eigenvalue weighted by atomic mass is 35.5. The average Bonchev–Trinajstić information content (AvgIpc) is 3.42. The van der Waals surface area contributed by atoms with Gasteiger partial charge in [-0.05, 0) is 42.7 Å². The normalized spacial score (nSPS) is 21.6. The van der Waals surface area contributed by atoms with Gasteiger partial charge >= 0.3 is 0 Å². The van der Waals surface area contributed by atoms with Gasteiger partial charge in [-0.2, -0.15) is 0 Å². The highest BCUT2D eigenvalue weighted by Crippen LogP contribution is 2.28. The third kappa shape index (κ3) is 3.62. The predicted molar refractivity (Wildman–Crippen MR) is 110 cm³/mol. The molecule has 2 saturated heterocycles. The highest BCUT2D eigenvalue weighted by molar-refractivity contribution is 6.30. The summed E-state index contributed by atoms with van der Waals surface area (Å²) in [4.78, 5) is 2.54. The largest absolute Gasteiger partial charge is 0.476 e. The summed E-state index contributed by atoms with van der Waals surface area (Å²) < 4.78 is 13.8. The van der Waals surface area contributed by atoms with E-state index in [1.165, 1.54) is 6.42 Å². The lowest BCUT2D eigenvalue weighted by Crippen LogP contribution is -2.37. The van der Waals surface area contributed by atoms with Crippen molar-refractivity contribution < 1.29 is 9.47 Å². The number of rotatable bonds is 7. The Balaban J connectivity index is 1.25. The van der Waals surface area contributed by atoms with E-state index < -0.39 is 0 Å². The fraction of sp³-hybridized carbons (Fsp3) is 0.409. The Morgan fingerprint density at radius 1 is 1.14 bits per heavy atom. The van der Waals surface area contributed by atoms with E-state index in [2.05, 4.69) is 17.0 Å². The zero-order valence-corrected chi connectivity index (χ0v) is 16.5. The number of ether oxygens (including phenoxy) is 2. The van der Waals surface area contributed by atoms with Gasteiger partial charge in [0.1, 0.15) is 0 Å². The molecular weight excluding hydrogens is 374 g/mol. The van der Waals surface area contributed by atoms with E-state index in [-0.39, 0.29) is 0 Å². The summed E-state index contributed by atoms with van der Waals surface area (Å²) in [6.45, 7) is 4.40. The van der Waals surface area contributed by atoms with Crippen molar-refractivity contribution in [1.29, 1.82) is 0 Å². The van der Waals surface area contributed by atoms with Crippen molar-refractivity contribution in [2.45, 2.75) is 31.5 Å². The number of likely N-dealkylation sites (tertiary alicyclic amines) is 1. The zero-order chi connectivity index (χ0) is 18.9. The maximum absolute atomic E-state index is 6.09. The molecule has 0 N–H and O–H groups in total. The van der Waals surface area contributed by atoms with Crippen LogP contribution in [0.3, 0.4) is 0 Å². The molecule has 0 saturated carbocycles. The van der Waals surface area contributed by atoms with Gasteiger partial charge in [0.25, 0.3) is 0 Å². The quantitative estimate of drug-likeness (QED) is 0.565. The van der Waals surface area contributed by atoms with E-state index in [1.54, 1.807) is 0 Å². The van der Waals surface area contributed by atoms with Gasteiger partial charge in [0.05, 0.1) is 36.8 Å². The lowest BCUT2D eigenvalue weighted by Gasteiger charge is -2.26. The second-order valence-corrected chi connectivity index (χ2v) is 8.08. The average molecular weight is 398 g/mol. The standard InChI is InChI=1S/C22H24ClN3O2/c23-17-8-6-16(7-9-17)13-26-21-5-2-1-4-20(21)22(24-26)27-11-3-10-25-14-19-12-18(25)15-28-19/h1-2,4-9,18-19H,3,10-15H2. The van der Waals surface area contributed by atoms with Gasteiger partial charge in [0, 0.05) is 24.2 Å². The molecule has 5 nitrogen and oxygen atoms in total. The maximum atomic E-state index is 6.09. The Bertz CT molecular complexity index is 956. The smallest absolute Gasteiger partial charge is 0.240 e. The zero-order valence-electron chi connectivity index (χ0n) is 15.8. The second-order valence-electron chi connectivity index (χ2n) is 7.65. The molecule has 3 heterocycles. The van der Waals surface area contributed by atoms with Gasteiger partial charge < -0.3 is 9.47 Å². The fourth-order valence-corrected chi connectivity index (χ4v) is 4.40. The third-order valence-corrected chi connectivity index (χ3v) is 5.96. The molecule has 146 valence electrons. The van der Waals surface area contributed by atoms with Crippen LogP contribution in [0.5, 0.6) is 5.88 Å². The summed E-state index contributed by atoms with van der Waals surface area (Å²) in [5, 5.41) is 6.55. The van der Waals surface area contributed by atoms with E-state index in [1.807, 2.05) is 41.1 Å². The van der Waals surface area contributed by atoms with E-state index in [9.17, 15) is 0 Å². The summed E-state index contributed by atoms with van der Waals surface area (Å²) in [7, 11) is 0. The van der Waals surface area contributed by atoms with Crippen molar-refractivity contribution in [3.05, 3.63) is 59.1 Å². The third-order valence-electron chi connectivity index (χ3n) is 5.71. The first-order chi connectivity index (χ1) is 13.8. The molecule has 2 unspecified atom stereocenters. The van der Waals surface area contributed by atoms with Crippen LogP contribution in [-0.4, -0.2) is 53.1 Å². The number of nitrogens with zero attached hydrogens (tertiary/aromatic N) is 3. The van der Waals surface area contributed by atoms with Crippen molar-refractivity contribution in [1.82, 2.24) is 14.7 Å². The Morgan fingerprint density at radius 2 is 2.00 bits per heavy atom. The molecule has 2 aliphatic heterocycles. The molecule has 2 fully saturated rings. The number of hydrogen-bond donors (Lipinski definition) is 0. The van der Waals surface area contributed by atoms with Gasteiger partial charge in [-0.15, -0.1) is 5.10 Å². The monoisotopic (exact) mass is 397 g/mol. The van der Waals surface area contributed by atoms with Crippen LogP contribution in [-0.2, 0) is 11.3 Å². The molecule has 28 heavy (non-hydrogen) atoms. The second kappa shape index (κ2) is 7.74. The van der Waals surface area contributed by atoms with Crippen LogP contribution < -0.4 is 4.74 Å². The molecule has 0 spiro atoms. The van der Waals surface area contributed by atoms with E-state index in [0.29, 0.717) is 25.3 Å². The summed E-state index contributed by atoms with van der Waals surface area (Å²) in [6.07, 6.45) is 2.65. The van der Waals surface area contributed by atoms with Crippen LogP contribution in [0.4, 0.5) is 0 Å². The molecule has 0 radical (unpaired) electrons. The molecule has 2 atom stereocenters. The Labute approximate surface area is 169 Å². The van der Waals surface area contributed by atoms with Crippen molar-refractivity contribution in [2.75, 3.05) is 26.3 Å². The molecule has 2 aliphatic rings. The Hall–Kier alpha value is -2.08. The summed E-state index contributed by atoms with van der Waals surface area (Å²) >= 11 is 6.00. The number of halogens is 1. The number of hydrogen-bond acceptors (Lipinski definition) is 4. The number of morpholine rings is 1. The van der Waals surface area contributed by atoms with Gasteiger partial charge in [-0.1, -0.05) is 35.9 Å². The van der Waals surface area contributed by atoms with Crippen LogP contribution in [0, 0.1) is 0 Å². The van der Waals surface area contributed by atoms with Gasteiger partial charge in [-0.25, -0.2) is 0 Å². The maximum Gasteiger partial charge on any atom is 0.240 e. The van der Waals surface area contributed by atoms with Crippen LogP contribution in [0.15, 0.2) is 48.5 Å². The van der Waals surface area contributed by atoms with Crippen molar-refractivity contribution >= 4 is 22.5 Å². The van der Waals surface area contributed by atoms with E-state index in [0.717, 1.165) is 53.5 Å². The van der Waals surface area contributed by atoms with Gasteiger partial charge in [-0.3, -0.25) is 9.58 Å². The molecular formula is C22H24ClN3O2. The fourth-order valence-electron chi connectivity index (χ4n) is 4.28. The van der Waals surface area contributed by atoms with Crippen LogP contribution in [0.1, 0.15) is 18.4 Å². The lowest BCUT2D eigenvalue weighted by atomic mass is 10.2. The van der Waals surface area contributed by atoms with Crippen molar-refractivity contribution in [3.8, 4) is 5.88 Å². The summed E-state index contributed by atoms with van der Waals surface area (Å²) in [5.41, 5.74) is 2.25. The minimum Gasteiger partial charge on any atom is -0.476 e. The molecule has 0 amide bonds. The van der Waals surface area contributed by atoms with Gasteiger partial charge in [0.2, 0.25) is 5.88 Å². The molecule has 2 bridgehead atoms. The molecule has 5 rings (SSSR count). The number of benzene rings is 2. The minimum atomic E-state index is 0.457. The Kier molecular flexibility index (Phi) is 4.97. The van der Waals surface area contributed by atoms with Crippen LogP contribution in [0.25, 0.3) is 10.9 Å². The summed E-state index contributed by atoms with van der Waals surface area (Å²) in [5.74, 6) is 0.718. The highest BCUT2D eigenvalue weighted by Gasteiger charge is 2.38. The molecule has 0 aliphatic carbocycles. The van der Waals surface area contributed by atoms with Crippen molar-refractivity contribution in [3.63, 3.8) is 0 Å². The molecule has 2 aromatic carbocycles.